The average molecular weight is 453 g/mol. The van der Waals surface area contributed by atoms with Crippen molar-refractivity contribution in [3.63, 3.8) is 0 Å². The quantitative estimate of drug-likeness (QED) is 0.707. The topological polar surface area (TPSA) is 50.8 Å². The molecule has 2 heterocycles. The number of fused-ring (bicyclic) bond motifs is 1. The lowest BCUT2D eigenvalue weighted by atomic mass is 10.0. The Morgan fingerprint density at radius 2 is 2.11 bits per heavy atom. The highest BCUT2D eigenvalue weighted by molar-refractivity contribution is 9.10. The lowest BCUT2D eigenvalue weighted by Gasteiger charge is -2.39. The number of carbonyl (C=O) groups is 1. The molecule has 2 aromatic rings. The van der Waals surface area contributed by atoms with Crippen molar-refractivity contribution in [2.24, 2.45) is 0 Å². The molecule has 1 amide bonds. The molecule has 0 saturated carbocycles. The molecular formula is C20H19BrF2N2O3. The maximum atomic E-state index is 13.2. The van der Waals surface area contributed by atoms with Gasteiger partial charge in [-0.15, -0.1) is 0 Å². The monoisotopic (exact) mass is 452 g/mol. The van der Waals surface area contributed by atoms with Gasteiger partial charge in [0.15, 0.2) is 0 Å². The lowest BCUT2D eigenvalue weighted by molar-refractivity contribution is -0.0511. The van der Waals surface area contributed by atoms with Gasteiger partial charge in [-0.1, -0.05) is 28.1 Å². The molecule has 4 rings (SSSR count). The van der Waals surface area contributed by atoms with E-state index in [2.05, 4.69) is 21.2 Å². The van der Waals surface area contributed by atoms with E-state index in [1.54, 1.807) is 35.2 Å². The van der Waals surface area contributed by atoms with E-state index in [0.717, 1.165) is 12.8 Å². The van der Waals surface area contributed by atoms with E-state index in [1.807, 2.05) is 6.07 Å². The van der Waals surface area contributed by atoms with Crippen molar-refractivity contribution in [2.75, 3.05) is 18.5 Å². The molecule has 1 saturated heterocycles. The van der Waals surface area contributed by atoms with Crippen LogP contribution in [0.4, 0.5) is 14.5 Å². The van der Waals surface area contributed by atoms with E-state index in [-0.39, 0.29) is 17.8 Å². The van der Waals surface area contributed by atoms with Crippen LogP contribution < -0.4 is 10.1 Å². The van der Waals surface area contributed by atoms with Crippen LogP contribution in [-0.4, -0.2) is 36.7 Å². The van der Waals surface area contributed by atoms with E-state index < -0.39 is 12.8 Å². The van der Waals surface area contributed by atoms with Crippen LogP contribution in [0.2, 0.25) is 0 Å². The predicted octanol–water partition coefficient (Wildman–Crippen LogP) is 4.80. The minimum Gasteiger partial charge on any atom is -0.434 e. The summed E-state index contributed by atoms with van der Waals surface area (Å²) in [7, 11) is 0. The molecule has 2 unspecified atom stereocenters. The van der Waals surface area contributed by atoms with Crippen LogP contribution in [0.5, 0.6) is 5.75 Å². The number of nitrogens with one attached hydrogen (secondary N) is 1. The van der Waals surface area contributed by atoms with E-state index in [0.29, 0.717) is 34.4 Å². The Balaban J connectivity index is 1.76. The number of benzene rings is 2. The highest BCUT2D eigenvalue weighted by Gasteiger charge is 2.36. The first-order valence-electron chi connectivity index (χ1n) is 9.05. The van der Waals surface area contributed by atoms with Crippen molar-refractivity contribution in [1.82, 2.24) is 4.90 Å². The van der Waals surface area contributed by atoms with Gasteiger partial charge in [-0.2, -0.15) is 8.78 Å². The Morgan fingerprint density at radius 1 is 1.29 bits per heavy atom. The first-order chi connectivity index (χ1) is 13.5. The number of carbonyl (C=O) groups excluding carboxylic acids is 1. The van der Waals surface area contributed by atoms with Crippen LogP contribution in [0.1, 0.15) is 34.9 Å². The summed E-state index contributed by atoms with van der Waals surface area (Å²) in [5.41, 5.74) is 1.66. The normalized spacial score (nSPS) is 21.6. The first kappa shape index (κ1) is 19.1. The highest BCUT2D eigenvalue weighted by atomic mass is 79.9. The molecule has 8 heteroatoms. The zero-order chi connectivity index (χ0) is 19.7. The van der Waals surface area contributed by atoms with Crippen LogP contribution in [-0.2, 0) is 4.74 Å². The van der Waals surface area contributed by atoms with Gasteiger partial charge in [0.1, 0.15) is 11.9 Å². The van der Waals surface area contributed by atoms with Gasteiger partial charge in [0.2, 0.25) is 0 Å². The molecule has 2 atom stereocenters. The molecule has 28 heavy (non-hydrogen) atoms. The third kappa shape index (κ3) is 3.84. The molecule has 1 fully saturated rings. The third-order valence-corrected chi connectivity index (χ3v) is 5.42. The summed E-state index contributed by atoms with van der Waals surface area (Å²) in [6, 6.07) is 12.0. The summed E-state index contributed by atoms with van der Waals surface area (Å²) >= 11 is 3.39. The van der Waals surface area contributed by atoms with Crippen LogP contribution in [0.25, 0.3) is 0 Å². The molecule has 2 aromatic carbocycles. The predicted molar refractivity (Wildman–Crippen MR) is 104 cm³/mol. The smallest absolute Gasteiger partial charge is 0.387 e. The molecule has 0 spiro atoms. The van der Waals surface area contributed by atoms with Gasteiger partial charge >= 0.3 is 6.61 Å². The summed E-state index contributed by atoms with van der Waals surface area (Å²) < 4.78 is 37.1. The molecule has 0 radical (unpaired) electrons. The van der Waals surface area contributed by atoms with Crippen molar-refractivity contribution in [3.05, 3.63) is 58.1 Å². The number of hydrogen-bond acceptors (Lipinski definition) is 4. The third-order valence-electron chi connectivity index (χ3n) is 4.93. The van der Waals surface area contributed by atoms with Gasteiger partial charge in [-0.3, -0.25) is 4.79 Å². The van der Waals surface area contributed by atoms with Crippen molar-refractivity contribution < 1.29 is 23.0 Å². The second-order valence-corrected chi connectivity index (χ2v) is 7.66. The molecule has 5 nitrogen and oxygen atoms in total. The Morgan fingerprint density at radius 3 is 2.86 bits per heavy atom. The Hall–Kier alpha value is -2.19. The van der Waals surface area contributed by atoms with E-state index >= 15 is 0 Å². The Bertz CT molecular complexity index is 874. The van der Waals surface area contributed by atoms with Gasteiger partial charge in [0, 0.05) is 28.9 Å². The van der Waals surface area contributed by atoms with Crippen LogP contribution in [0.15, 0.2) is 46.9 Å². The number of alkyl halides is 2. The zero-order valence-corrected chi connectivity index (χ0v) is 16.5. The summed E-state index contributed by atoms with van der Waals surface area (Å²) in [6.07, 6.45) is 1.07. The first-order valence-corrected chi connectivity index (χ1v) is 9.84. The fourth-order valence-electron chi connectivity index (χ4n) is 3.67. The molecule has 1 N–H and O–H groups in total. The molecule has 2 aliphatic rings. The van der Waals surface area contributed by atoms with Crippen LogP contribution in [0.3, 0.4) is 0 Å². The second-order valence-electron chi connectivity index (χ2n) is 6.75. The summed E-state index contributed by atoms with van der Waals surface area (Å²) in [5.74, 6) is -0.141. The van der Waals surface area contributed by atoms with E-state index in [1.165, 1.54) is 6.07 Å². The van der Waals surface area contributed by atoms with Gasteiger partial charge < -0.3 is 19.7 Å². The highest BCUT2D eigenvalue weighted by Crippen LogP contribution is 2.39. The molecule has 0 bridgehead atoms. The maximum Gasteiger partial charge on any atom is 0.387 e. The minimum absolute atomic E-state index is 0.0280. The second kappa shape index (κ2) is 8.05. The van der Waals surface area contributed by atoms with Crippen LogP contribution in [0, 0.1) is 0 Å². The SMILES string of the molecule is O=C1c2ccccc2NC(c2cc(Br)ccc2OC(F)F)N1CC1CCCO1. The number of nitrogens with zero attached hydrogens (tertiary/aromatic N) is 1. The number of ether oxygens (including phenoxy) is 2. The number of rotatable bonds is 5. The molecule has 0 aromatic heterocycles. The van der Waals surface area contributed by atoms with Gasteiger partial charge in [0.25, 0.3) is 5.91 Å². The standard InChI is InChI=1S/C20H19BrF2N2O3/c21-12-7-8-17(28-20(22)23)15(10-12)18-24-16-6-2-1-5-14(16)19(26)25(18)11-13-4-3-9-27-13/h1-2,5-8,10,13,18,20,24H,3-4,9,11H2. The number of anilines is 1. The van der Waals surface area contributed by atoms with E-state index in [4.69, 9.17) is 9.47 Å². The summed E-state index contributed by atoms with van der Waals surface area (Å²) in [5, 5.41) is 3.31. The maximum absolute atomic E-state index is 13.2. The van der Waals surface area contributed by atoms with Crippen LogP contribution >= 0.6 is 15.9 Å². The van der Waals surface area contributed by atoms with Crippen molar-refractivity contribution in [3.8, 4) is 5.75 Å². The number of para-hydroxylation sites is 1. The fourth-order valence-corrected chi connectivity index (χ4v) is 4.05. The van der Waals surface area contributed by atoms with Gasteiger partial charge in [-0.05, 0) is 43.2 Å². The zero-order valence-electron chi connectivity index (χ0n) is 14.9. The van der Waals surface area contributed by atoms with Crippen molar-refractivity contribution in [2.45, 2.75) is 31.7 Å². The average Bonchev–Trinajstić information content (AvgIpc) is 3.18. The molecule has 2 aliphatic heterocycles. The summed E-state index contributed by atoms with van der Waals surface area (Å²) in [6.45, 7) is -1.93. The minimum atomic E-state index is -2.96. The Kier molecular flexibility index (Phi) is 5.50. The molecular weight excluding hydrogens is 434 g/mol. The summed E-state index contributed by atoms with van der Waals surface area (Å²) in [4.78, 5) is 14.9. The van der Waals surface area contributed by atoms with Gasteiger partial charge in [0.05, 0.1) is 11.7 Å². The van der Waals surface area contributed by atoms with Crippen molar-refractivity contribution >= 4 is 27.5 Å². The Labute approximate surface area is 169 Å². The van der Waals surface area contributed by atoms with Crippen molar-refractivity contribution in [1.29, 1.82) is 0 Å². The number of amides is 1. The largest absolute Gasteiger partial charge is 0.434 e. The fraction of sp³-hybridized carbons (Fsp3) is 0.350. The number of halogens is 3. The van der Waals surface area contributed by atoms with E-state index in [9.17, 15) is 13.6 Å². The number of hydrogen-bond donors (Lipinski definition) is 1. The lowest BCUT2D eigenvalue weighted by Crippen LogP contribution is -2.46. The van der Waals surface area contributed by atoms with Gasteiger partial charge in [-0.25, -0.2) is 0 Å². The molecule has 148 valence electrons. The molecule has 0 aliphatic carbocycles.